The third-order valence-corrected chi connectivity index (χ3v) is 4.00. The van der Waals surface area contributed by atoms with Crippen molar-refractivity contribution in [2.24, 2.45) is 0 Å². The SMILES string of the molecule is Cc1nnc(C(C)(C)S(C)(=O)=O)o1. The maximum atomic E-state index is 11.3. The van der Waals surface area contributed by atoms with Gasteiger partial charge in [-0.25, -0.2) is 8.42 Å². The molecule has 0 bridgehead atoms. The van der Waals surface area contributed by atoms with E-state index in [9.17, 15) is 8.42 Å². The van der Waals surface area contributed by atoms with Gasteiger partial charge in [-0.2, -0.15) is 0 Å². The second-order valence-corrected chi connectivity index (χ2v) is 5.97. The maximum absolute atomic E-state index is 11.3. The maximum Gasteiger partial charge on any atom is 0.237 e. The molecular formula is C7H12N2O3S. The Morgan fingerprint density at radius 2 is 1.85 bits per heavy atom. The summed E-state index contributed by atoms with van der Waals surface area (Å²) >= 11 is 0. The number of aryl methyl sites for hydroxylation is 1. The lowest BCUT2D eigenvalue weighted by Crippen LogP contribution is -2.28. The molecule has 0 radical (unpaired) electrons. The van der Waals surface area contributed by atoms with Gasteiger partial charge in [0.1, 0.15) is 4.75 Å². The zero-order valence-corrected chi connectivity index (χ0v) is 8.84. The monoisotopic (exact) mass is 204 g/mol. The Hall–Kier alpha value is -0.910. The van der Waals surface area contributed by atoms with E-state index in [0.717, 1.165) is 6.26 Å². The average molecular weight is 204 g/mol. The van der Waals surface area contributed by atoms with Gasteiger partial charge in [0.15, 0.2) is 9.84 Å². The Morgan fingerprint density at radius 3 is 2.15 bits per heavy atom. The Balaban J connectivity index is 3.23. The van der Waals surface area contributed by atoms with Crippen molar-refractivity contribution in [1.82, 2.24) is 10.2 Å². The van der Waals surface area contributed by atoms with Crippen LogP contribution in [0.5, 0.6) is 0 Å². The van der Waals surface area contributed by atoms with E-state index in [-0.39, 0.29) is 5.89 Å². The van der Waals surface area contributed by atoms with Gasteiger partial charge in [0.2, 0.25) is 11.8 Å². The minimum Gasteiger partial charge on any atom is -0.424 e. The minimum absolute atomic E-state index is 0.132. The van der Waals surface area contributed by atoms with Gasteiger partial charge in [0.05, 0.1) is 0 Å². The highest BCUT2D eigenvalue weighted by Crippen LogP contribution is 2.27. The van der Waals surface area contributed by atoms with Crippen LogP contribution in [0.1, 0.15) is 25.6 Å². The Bertz CT molecular complexity index is 405. The number of aromatic nitrogens is 2. The third-order valence-electron chi connectivity index (χ3n) is 1.97. The van der Waals surface area contributed by atoms with Crippen LogP contribution >= 0.6 is 0 Å². The molecule has 1 heterocycles. The first-order valence-corrected chi connectivity index (χ1v) is 5.64. The van der Waals surface area contributed by atoms with Gasteiger partial charge >= 0.3 is 0 Å². The Labute approximate surface area is 77.1 Å². The fourth-order valence-corrected chi connectivity index (χ4v) is 1.10. The van der Waals surface area contributed by atoms with E-state index < -0.39 is 14.6 Å². The molecule has 0 spiro atoms. The van der Waals surface area contributed by atoms with Gasteiger partial charge in [-0.15, -0.1) is 10.2 Å². The van der Waals surface area contributed by atoms with E-state index in [1.54, 1.807) is 6.92 Å². The van der Waals surface area contributed by atoms with E-state index >= 15 is 0 Å². The molecule has 6 heteroatoms. The molecule has 1 aromatic rings. The fourth-order valence-electron chi connectivity index (χ4n) is 0.698. The molecule has 0 atom stereocenters. The van der Waals surface area contributed by atoms with Crippen LogP contribution in [0.2, 0.25) is 0 Å². The van der Waals surface area contributed by atoms with Crippen LogP contribution in [-0.2, 0) is 14.6 Å². The van der Waals surface area contributed by atoms with Gasteiger partial charge in [-0.1, -0.05) is 0 Å². The summed E-state index contributed by atoms with van der Waals surface area (Å²) < 4.78 is 26.6. The van der Waals surface area contributed by atoms with Crippen LogP contribution in [-0.4, -0.2) is 24.9 Å². The fraction of sp³-hybridized carbons (Fsp3) is 0.714. The highest BCUT2D eigenvalue weighted by Gasteiger charge is 2.37. The molecule has 0 aromatic carbocycles. The highest BCUT2D eigenvalue weighted by atomic mass is 32.2. The molecule has 0 fully saturated rings. The van der Waals surface area contributed by atoms with Crippen LogP contribution in [0.25, 0.3) is 0 Å². The molecule has 13 heavy (non-hydrogen) atoms. The third kappa shape index (κ3) is 1.72. The van der Waals surface area contributed by atoms with Crippen molar-refractivity contribution in [2.45, 2.75) is 25.5 Å². The topological polar surface area (TPSA) is 73.1 Å². The molecule has 0 aliphatic heterocycles. The van der Waals surface area contributed by atoms with Crippen molar-refractivity contribution in [3.63, 3.8) is 0 Å². The summed E-state index contributed by atoms with van der Waals surface area (Å²) in [6.07, 6.45) is 1.15. The molecule has 0 saturated heterocycles. The second-order valence-electron chi connectivity index (χ2n) is 3.41. The summed E-state index contributed by atoms with van der Waals surface area (Å²) in [6.45, 7) is 4.69. The van der Waals surface area contributed by atoms with Gasteiger partial charge < -0.3 is 4.42 Å². The number of nitrogens with zero attached hydrogens (tertiary/aromatic N) is 2. The molecule has 0 unspecified atom stereocenters. The standard InChI is InChI=1S/C7H12N2O3S/c1-5-8-9-6(12-5)7(2,3)13(4,10)11/h1-4H3. The largest absolute Gasteiger partial charge is 0.424 e. The van der Waals surface area contributed by atoms with Crippen LogP contribution in [0.15, 0.2) is 4.42 Å². The molecule has 74 valence electrons. The molecule has 0 N–H and O–H groups in total. The molecule has 0 aliphatic carbocycles. The zero-order chi connectivity index (χ0) is 10.3. The van der Waals surface area contributed by atoms with Crippen molar-refractivity contribution >= 4 is 9.84 Å². The molecule has 0 aliphatic rings. The van der Waals surface area contributed by atoms with Crippen molar-refractivity contribution in [1.29, 1.82) is 0 Å². The summed E-state index contributed by atoms with van der Waals surface area (Å²) in [5, 5.41) is 7.27. The van der Waals surface area contributed by atoms with E-state index in [0.29, 0.717) is 5.89 Å². The van der Waals surface area contributed by atoms with Crippen LogP contribution < -0.4 is 0 Å². The number of hydrogen-bond acceptors (Lipinski definition) is 5. The predicted octanol–water partition coefficient (Wildman–Crippen LogP) is 0.658. The van der Waals surface area contributed by atoms with Crippen molar-refractivity contribution in [3.05, 3.63) is 11.8 Å². The van der Waals surface area contributed by atoms with Crippen LogP contribution in [0.3, 0.4) is 0 Å². The zero-order valence-electron chi connectivity index (χ0n) is 8.03. The van der Waals surface area contributed by atoms with E-state index in [1.165, 1.54) is 13.8 Å². The van der Waals surface area contributed by atoms with Crippen LogP contribution in [0, 0.1) is 6.92 Å². The van der Waals surface area contributed by atoms with Crippen molar-refractivity contribution in [3.8, 4) is 0 Å². The molecule has 5 nitrogen and oxygen atoms in total. The summed E-state index contributed by atoms with van der Waals surface area (Å²) in [4.78, 5) is 0. The lowest BCUT2D eigenvalue weighted by Gasteiger charge is -2.16. The van der Waals surface area contributed by atoms with E-state index in [4.69, 9.17) is 4.42 Å². The first-order chi connectivity index (χ1) is 5.75. The summed E-state index contributed by atoms with van der Waals surface area (Å²) in [5.74, 6) is 0.499. The summed E-state index contributed by atoms with van der Waals surface area (Å²) in [5.41, 5.74) is 0. The minimum atomic E-state index is -3.24. The lowest BCUT2D eigenvalue weighted by atomic mass is 10.2. The van der Waals surface area contributed by atoms with Crippen molar-refractivity contribution in [2.75, 3.05) is 6.26 Å². The number of hydrogen-bond donors (Lipinski definition) is 0. The summed E-state index contributed by atoms with van der Waals surface area (Å²) in [7, 11) is -3.24. The van der Waals surface area contributed by atoms with Crippen LogP contribution in [0.4, 0.5) is 0 Å². The highest BCUT2D eigenvalue weighted by molar-refractivity contribution is 7.91. The second kappa shape index (κ2) is 2.80. The quantitative estimate of drug-likeness (QED) is 0.707. The normalized spacial score (nSPS) is 13.2. The van der Waals surface area contributed by atoms with Gasteiger partial charge in [0.25, 0.3) is 0 Å². The summed E-state index contributed by atoms with van der Waals surface area (Å²) in [6, 6.07) is 0. The predicted molar refractivity (Wildman–Crippen MR) is 46.9 cm³/mol. The van der Waals surface area contributed by atoms with E-state index in [2.05, 4.69) is 10.2 Å². The first kappa shape index (κ1) is 10.2. The molecule has 1 aromatic heterocycles. The number of rotatable bonds is 2. The molecular weight excluding hydrogens is 192 g/mol. The van der Waals surface area contributed by atoms with Gasteiger partial charge in [-0.05, 0) is 13.8 Å². The van der Waals surface area contributed by atoms with E-state index in [1.807, 2.05) is 0 Å². The Morgan fingerprint density at radius 1 is 1.31 bits per heavy atom. The van der Waals surface area contributed by atoms with Crippen molar-refractivity contribution < 1.29 is 12.8 Å². The number of sulfone groups is 1. The first-order valence-electron chi connectivity index (χ1n) is 3.75. The molecule has 0 saturated carbocycles. The average Bonchev–Trinajstić information content (AvgIpc) is 2.33. The molecule has 1 rings (SSSR count). The van der Waals surface area contributed by atoms with Gasteiger partial charge in [-0.3, -0.25) is 0 Å². The molecule has 0 amide bonds. The van der Waals surface area contributed by atoms with Gasteiger partial charge in [0, 0.05) is 13.2 Å². The smallest absolute Gasteiger partial charge is 0.237 e. The lowest BCUT2D eigenvalue weighted by molar-refractivity contribution is 0.417. The Kier molecular flexibility index (Phi) is 2.19.